The molecule has 0 saturated carbocycles. The smallest absolute Gasteiger partial charge is 0.125 e. The molecule has 5 rings (SSSR count). The summed E-state index contributed by atoms with van der Waals surface area (Å²) in [5, 5.41) is 19.6. The van der Waals surface area contributed by atoms with E-state index in [2.05, 4.69) is 20.1 Å². The van der Waals surface area contributed by atoms with Crippen molar-refractivity contribution in [3.8, 4) is 0 Å². The molecule has 0 radical (unpaired) electrons. The van der Waals surface area contributed by atoms with Gasteiger partial charge in [-0.05, 0) is 56.6 Å². The van der Waals surface area contributed by atoms with Gasteiger partial charge in [0.1, 0.15) is 17.1 Å². The van der Waals surface area contributed by atoms with Crippen molar-refractivity contribution in [1.29, 1.82) is 0 Å². The molecule has 0 amide bonds. The number of rotatable bonds is 6. The van der Waals surface area contributed by atoms with E-state index in [1.165, 1.54) is 6.07 Å². The first kappa shape index (κ1) is 17.6. The van der Waals surface area contributed by atoms with Gasteiger partial charge in [0.05, 0.1) is 12.7 Å². The standard InChI is InChI=1S/C19H26FN5O/c1-23(12-15-3-2-4-17(20)11-15)9-10-25-13-18(21-22-25)19(26)14-24-7-5-16(19)6-8-24/h2-4,11,13,16,26H,5-10,12,14H2,1H3. The molecule has 0 spiro atoms. The lowest BCUT2D eigenvalue weighted by atomic mass is 9.74. The molecule has 3 aliphatic heterocycles. The van der Waals surface area contributed by atoms with Crippen molar-refractivity contribution in [2.24, 2.45) is 5.92 Å². The number of halogens is 1. The van der Waals surface area contributed by atoms with Gasteiger partial charge in [0.2, 0.25) is 0 Å². The van der Waals surface area contributed by atoms with Crippen LogP contribution in [0.5, 0.6) is 0 Å². The summed E-state index contributed by atoms with van der Waals surface area (Å²) in [6, 6.07) is 6.68. The second-order valence-corrected chi connectivity index (χ2v) is 7.71. The maximum absolute atomic E-state index is 13.3. The molecule has 6 nitrogen and oxygen atoms in total. The molecule has 0 aliphatic carbocycles. The van der Waals surface area contributed by atoms with Crippen LogP contribution in [-0.4, -0.2) is 63.1 Å². The van der Waals surface area contributed by atoms with Gasteiger partial charge in [-0.3, -0.25) is 4.68 Å². The number of fused-ring (bicyclic) bond motifs is 3. The molecule has 7 heteroatoms. The SMILES string of the molecule is CN(CCn1cc(C2(O)CN3CCC2CC3)nn1)Cc1cccc(F)c1. The molecule has 2 bridgehead atoms. The maximum Gasteiger partial charge on any atom is 0.125 e. The second-order valence-electron chi connectivity index (χ2n) is 7.71. The van der Waals surface area contributed by atoms with Crippen molar-refractivity contribution in [2.45, 2.75) is 31.5 Å². The summed E-state index contributed by atoms with van der Waals surface area (Å²) < 4.78 is 15.1. The Bertz CT molecular complexity index is 758. The fourth-order valence-electron chi connectivity index (χ4n) is 4.23. The van der Waals surface area contributed by atoms with E-state index >= 15 is 0 Å². The average Bonchev–Trinajstić information content (AvgIpc) is 3.11. The zero-order valence-electron chi connectivity index (χ0n) is 15.2. The van der Waals surface area contributed by atoms with E-state index < -0.39 is 5.60 Å². The van der Waals surface area contributed by atoms with Gasteiger partial charge in [-0.25, -0.2) is 4.39 Å². The molecular weight excluding hydrogens is 333 g/mol. The van der Waals surface area contributed by atoms with Gasteiger partial charge in [0, 0.05) is 19.6 Å². The number of aromatic nitrogens is 3. The molecule has 1 unspecified atom stereocenters. The zero-order chi connectivity index (χ0) is 18.1. The molecule has 1 N–H and O–H groups in total. The molecule has 1 aromatic heterocycles. The Morgan fingerprint density at radius 1 is 1.35 bits per heavy atom. The van der Waals surface area contributed by atoms with Crippen LogP contribution in [0.2, 0.25) is 0 Å². The van der Waals surface area contributed by atoms with E-state index in [0.29, 0.717) is 25.3 Å². The number of likely N-dealkylation sites (N-methyl/N-ethyl adjacent to an activating group) is 1. The first-order valence-electron chi connectivity index (χ1n) is 9.31. The molecule has 26 heavy (non-hydrogen) atoms. The first-order chi connectivity index (χ1) is 12.5. The molecule has 3 aliphatic rings. The summed E-state index contributed by atoms with van der Waals surface area (Å²) in [6.07, 6.45) is 3.94. The molecule has 1 atom stereocenters. The van der Waals surface area contributed by atoms with Crippen LogP contribution in [0.25, 0.3) is 0 Å². The lowest BCUT2D eigenvalue weighted by Crippen LogP contribution is -2.57. The highest BCUT2D eigenvalue weighted by Gasteiger charge is 2.48. The first-order valence-corrected chi connectivity index (χ1v) is 9.31. The Balaban J connectivity index is 1.35. The minimum atomic E-state index is -0.859. The van der Waals surface area contributed by atoms with E-state index in [1.807, 2.05) is 19.3 Å². The largest absolute Gasteiger partial charge is 0.382 e. The second kappa shape index (κ2) is 7.06. The number of hydrogen-bond acceptors (Lipinski definition) is 5. The van der Waals surface area contributed by atoms with Crippen LogP contribution < -0.4 is 0 Å². The van der Waals surface area contributed by atoms with Crippen molar-refractivity contribution in [1.82, 2.24) is 24.8 Å². The third-order valence-electron chi connectivity index (χ3n) is 5.76. The summed E-state index contributed by atoms with van der Waals surface area (Å²) in [6.45, 7) is 4.95. The number of piperidine rings is 3. The Morgan fingerprint density at radius 3 is 2.85 bits per heavy atom. The van der Waals surface area contributed by atoms with Crippen molar-refractivity contribution in [2.75, 3.05) is 33.2 Å². The predicted molar refractivity (Wildman–Crippen MR) is 95.8 cm³/mol. The van der Waals surface area contributed by atoms with Crippen molar-refractivity contribution in [3.05, 3.63) is 47.5 Å². The van der Waals surface area contributed by atoms with Gasteiger partial charge < -0.3 is 14.9 Å². The minimum absolute atomic E-state index is 0.206. The lowest BCUT2D eigenvalue weighted by molar-refractivity contribution is -0.120. The van der Waals surface area contributed by atoms with E-state index in [-0.39, 0.29) is 11.7 Å². The van der Waals surface area contributed by atoms with Gasteiger partial charge in [0.25, 0.3) is 0 Å². The molecule has 1 aromatic carbocycles. The normalized spacial score (nSPS) is 28.0. The fourth-order valence-corrected chi connectivity index (χ4v) is 4.23. The van der Waals surface area contributed by atoms with Gasteiger partial charge in [-0.15, -0.1) is 5.10 Å². The third-order valence-corrected chi connectivity index (χ3v) is 5.76. The highest BCUT2D eigenvalue weighted by molar-refractivity contribution is 5.16. The molecule has 2 aromatic rings. The summed E-state index contributed by atoms with van der Waals surface area (Å²) in [5.41, 5.74) is 0.787. The number of hydrogen-bond donors (Lipinski definition) is 1. The topological polar surface area (TPSA) is 57.4 Å². The minimum Gasteiger partial charge on any atom is -0.382 e. The van der Waals surface area contributed by atoms with Crippen LogP contribution >= 0.6 is 0 Å². The van der Waals surface area contributed by atoms with Crippen LogP contribution in [0.3, 0.4) is 0 Å². The Labute approximate surface area is 153 Å². The zero-order valence-corrected chi connectivity index (χ0v) is 15.2. The van der Waals surface area contributed by atoms with Gasteiger partial charge >= 0.3 is 0 Å². The number of aliphatic hydroxyl groups is 1. The van der Waals surface area contributed by atoms with E-state index in [9.17, 15) is 9.50 Å². The van der Waals surface area contributed by atoms with Crippen LogP contribution in [0.15, 0.2) is 30.5 Å². The average molecular weight is 359 g/mol. The molecule has 4 heterocycles. The Morgan fingerprint density at radius 2 is 2.15 bits per heavy atom. The monoisotopic (exact) mass is 359 g/mol. The third kappa shape index (κ3) is 3.51. The van der Waals surface area contributed by atoms with Gasteiger partial charge in [-0.1, -0.05) is 17.3 Å². The molecule has 3 saturated heterocycles. The van der Waals surface area contributed by atoms with Crippen LogP contribution in [0.4, 0.5) is 4.39 Å². The van der Waals surface area contributed by atoms with Gasteiger partial charge in [0.15, 0.2) is 0 Å². The van der Waals surface area contributed by atoms with Crippen LogP contribution in [-0.2, 0) is 18.7 Å². The Kier molecular flexibility index (Phi) is 4.77. The van der Waals surface area contributed by atoms with Crippen molar-refractivity contribution in [3.63, 3.8) is 0 Å². The summed E-state index contributed by atoms with van der Waals surface area (Å²) in [4.78, 5) is 4.44. The highest BCUT2D eigenvalue weighted by atomic mass is 19.1. The maximum atomic E-state index is 13.3. The molecular formula is C19H26FN5O. The highest BCUT2D eigenvalue weighted by Crippen LogP contribution is 2.41. The van der Waals surface area contributed by atoms with Crippen molar-refractivity contribution >= 4 is 0 Å². The van der Waals surface area contributed by atoms with Crippen molar-refractivity contribution < 1.29 is 9.50 Å². The summed E-state index contributed by atoms with van der Waals surface area (Å²) >= 11 is 0. The van der Waals surface area contributed by atoms with Gasteiger partial charge in [-0.2, -0.15) is 0 Å². The van der Waals surface area contributed by atoms with E-state index in [4.69, 9.17) is 0 Å². The molecule has 3 fully saturated rings. The fraction of sp³-hybridized carbons (Fsp3) is 0.579. The van der Waals surface area contributed by atoms with Crippen LogP contribution in [0, 0.1) is 11.7 Å². The lowest BCUT2D eigenvalue weighted by Gasteiger charge is -2.49. The van der Waals surface area contributed by atoms with Crippen LogP contribution in [0.1, 0.15) is 24.1 Å². The van der Waals surface area contributed by atoms with E-state index in [1.54, 1.807) is 16.8 Å². The number of benzene rings is 1. The Hall–Kier alpha value is -1.83. The van der Waals surface area contributed by atoms with E-state index in [0.717, 1.165) is 38.0 Å². The summed E-state index contributed by atoms with van der Waals surface area (Å²) in [5.74, 6) is 0.0795. The number of nitrogens with zero attached hydrogens (tertiary/aromatic N) is 5. The summed E-state index contributed by atoms with van der Waals surface area (Å²) in [7, 11) is 2.00. The quantitative estimate of drug-likeness (QED) is 0.846. The molecule has 140 valence electrons. The predicted octanol–water partition coefficient (Wildman–Crippen LogP) is 1.46.